The fourth-order valence-corrected chi connectivity index (χ4v) is 3.66. The highest BCUT2D eigenvalue weighted by Crippen LogP contribution is 2.25. The summed E-state index contributed by atoms with van der Waals surface area (Å²) in [6, 6.07) is 8.42. The highest BCUT2D eigenvalue weighted by atomic mass is 16.2. The fraction of sp³-hybridized carbons (Fsp3) is 0.600. The molecule has 0 aliphatic carbocycles. The number of nitrogens with zero attached hydrogens (tertiary/aromatic N) is 2. The van der Waals surface area contributed by atoms with E-state index in [0.29, 0.717) is 6.04 Å². The summed E-state index contributed by atoms with van der Waals surface area (Å²) in [7, 11) is 0. The van der Waals surface area contributed by atoms with E-state index in [4.69, 9.17) is 5.73 Å². The summed E-state index contributed by atoms with van der Waals surface area (Å²) in [6.45, 7) is 9.79. The molecule has 142 valence electrons. The van der Waals surface area contributed by atoms with Crippen LogP contribution in [0.5, 0.6) is 0 Å². The van der Waals surface area contributed by atoms with Crippen molar-refractivity contribution in [1.29, 1.82) is 0 Å². The van der Waals surface area contributed by atoms with Crippen molar-refractivity contribution in [3.63, 3.8) is 0 Å². The van der Waals surface area contributed by atoms with Crippen molar-refractivity contribution in [2.75, 3.05) is 31.5 Å². The number of urea groups is 1. The molecule has 6 heteroatoms. The molecule has 1 aromatic carbocycles. The van der Waals surface area contributed by atoms with E-state index in [1.807, 2.05) is 17.0 Å². The Labute approximate surface area is 155 Å². The van der Waals surface area contributed by atoms with E-state index in [9.17, 15) is 9.59 Å². The van der Waals surface area contributed by atoms with E-state index in [1.54, 1.807) is 0 Å². The topological polar surface area (TPSA) is 78.7 Å². The predicted molar refractivity (Wildman–Crippen MR) is 103 cm³/mol. The molecule has 6 nitrogen and oxygen atoms in total. The molecule has 2 fully saturated rings. The number of hydrogen-bond donors (Lipinski definition) is 2. The Morgan fingerprint density at radius 1 is 1.08 bits per heavy atom. The number of nitrogens with two attached hydrogens (primary N) is 1. The molecule has 0 aromatic heterocycles. The number of carbonyl (C=O) groups excluding carboxylic acids is 2. The van der Waals surface area contributed by atoms with Gasteiger partial charge in [-0.05, 0) is 49.0 Å². The lowest BCUT2D eigenvalue weighted by atomic mass is 9.87. The minimum absolute atomic E-state index is 0.0156. The van der Waals surface area contributed by atoms with Gasteiger partial charge in [0.2, 0.25) is 5.91 Å². The van der Waals surface area contributed by atoms with E-state index in [2.05, 4.69) is 43.1 Å². The summed E-state index contributed by atoms with van der Waals surface area (Å²) in [5, 5.41) is 2.98. The first-order chi connectivity index (χ1) is 12.2. The molecule has 0 spiro atoms. The Bertz CT molecular complexity index is 651. The van der Waals surface area contributed by atoms with Gasteiger partial charge in [-0.25, -0.2) is 4.79 Å². The quantitative estimate of drug-likeness (QED) is 0.871. The summed E-state index contributed by atoms with van der Waals surface area (Å²) >= 11 is 0. The van der Waals surface area contributed by atoms with E-state index >= 15 is 0 Å². The Hall–Kier alpha value is -2.08. The number of benzene rings is 1. The van der Waals surface area contributed by atoms with Gasteiger partial charge >= 0.3 is 6.03 Å². The van der Waals surface area contributed by atoms with Crippen molar-refractivity contribution >= 4 is 17.6 Å². The summed E-state index contributed by atoms with van der Waals surface area (Å²) in [5.41, 5.74) is 7.57. The van der Waals surface area contributed by atoms with Gasteiger partial charge in [-0.3, -0.25) is 9.69 Å². The summed E-state index contributed by atoms with van der Waals surface area (Å²) in [4.78, 5) is 27.8. The van der Waals surface area contributed by atoms with Crippen LogP contribution in [0.2, 0.25) is 0 Å². The van der Waals surface area contributed by atoms with Gasteiger partial charge in [-0.1, -0.05) is 32.9 Å². The van der Waals surface area contributed by atoms with Crippen molar-refractivity contribution in [3.05, 3.63) is 29.8 Å². The van der Waals surface area contributed by atoms with Gasteiger partial charge in [0, 0.05) is 30.7 Å². The summed E-state index contributed by atoms with van der Waals surface area (Å²) in [6.07, 6.45) is 1.66. The number of hydrogen-bond acceptors (Lipinski definition) is 3. The number of nitrogens with one attached hydrogen (secondary N) is 1. The molecule has 0 atom stereocenters. The van der Waals surface area contributed by atoms with E-state index < -0.39 is 0 Å². The molecule has 2 aliphatic rings. The zero-order chi connectivity index (χ0) is 18.9. The second-order valence-electron chi connectivity index (χ2n) is 8.53. The SMILES string of the molecule is CC(C)(C)c1ccc(NC(=O)N2CC(N3CCC(C(N)=O)CC3)C2)cc1. The third-order valence-electron chi connectivity index (χ3n) is 5.60. The van der Waals surface area contributed by atoms with Crippen LogP contribution in [-0.2, 0) is 10.2 Å². The van der Waals surface area contributed by atoms with Crippen molar-refractivity contribution in [2.24, 2.45) is 11.7 Å². The fourth-order valence-electron chi connectivity index (χ4n) is 3.66. The Kier molecular flexibility index (Phi) is 5.23. The van der Waals surface area contributed by atoms with Crippen molar-refractivity contribution in [2.45, 2.75) is 45.1 Å². The number of carbonyl (C=O) groups is 2. The lowest BCUT2D eigenvalue weighted by Crippen LogP contribution is -2.63. The number of rotatable bonds is 3. The molecular weight excluding hydrogens is 328 g/mol. The number of primary amides is 1. The first kappa shape index (κ1) is 18.7. The van der Waals surface area contributed by atoms with Crippen molar-refractivity contribution in [3.8, 4) is 0 Å². The maximum atomic E-state index is 12.4. The molecule has 2 aliphatic heterocycles. The molecule has 0 bridgehead atoms. The van der Waals surface area contributed by atoms with Crippen LogP contribution < -0.4 is 11.1 Å². The third-order valence-corrected chi connectivity index (χ3v) is 5.60. The number of likely N-dealkylation sites (tertiary alicyclic amines) is 2. The highest BCUT2D eigenvalue weighted by molar-refractivity contribution is 5.90. The first-order valence-corrected chi connectivity index (χ1v) is 9.44. The molecular formula is C20H30N4O2. The maximum Gasteiger partial charge on any atom is 0.321 e. The smallest absolute Gasteiger partial charge is 0.321 e. The van der Waals surface area contributed by atoms with Crippen LogP contribution in [0.25, 0.3) is 0 Å². The molecule has 1 aromatic rings. The Morgan fingerprint density at radius 2 is 1.65 bits per heavy atom. The van der Waals surface area contributed by atoms with Crippen molar-refractivity contribution < 1.29 is 9.59 Å². The third kappa shape index (κ3) is 4.18. The van der Waals surface area contributed by atoms with Gasteiger partial charge in [0.05, 0.1) is 0 Å². The van der Waals surface area contributed by atoms with Crippen LogP contribution in [0.4, 0.5) is 10.5 Å². The standard InChI is InChI=1S/C20H30N4O2/c1-20(2,3)15-4-6-16(7-5-15)22-19(26)24-12-17(13-24)23-10-8-14(9-11-23)18(21)25/h4-7,14,17H,8-13H2,1-3H3,(H2,21,25)(H,22,26). The lowest BCUT2D eigenvalue weighted by molar-refractivity contribution is -0.123. The first-order valence-electron chi connectivity index (χ1n) is 9.44. The molecule has 2 heterocycles. The molecule has 0 radical (unpaired) electrons. The number of amides is 3. The van der Waals surface area contributed by atoms with E-state index in [-0.39, 0.29) is 23.3 Å². The largest absolute Gasteiger partial charge is 0.369 e. The normalized spacial score (nSPS) is 19.9. The van der Waals surface area contributed by atoms with Gasteiger partial charge in [-0.2, -0.15) is 0 Å². The van der Waals surface area contributed by atoms with Crippen molar-refractivity contribution in [1.82, 2.24) is 9.80 Å². The average Bonchev–Trinajstić information content (AvgIpc) is 2.53. The Balaban J connectivity index is 1.44. The number of piperidine rings is 1. The molecule has 0 unspecified atom stereocenters. The van der Waals surface area contributed by atoms with Crippen LogP contribution in [0, 0.1) is 5.92 Å². The maximum absolute atomic E-state index is 12.4. The predicted octanol–water partition coefficient (Wildman–Crippen LogP) is 2.40. The average molecular weight is 358 g/mol. The summed E-state index contributed by atoms with van der Waals surface area (Å²) < 4.78 is 0. The highest BCUT2D eigenvalue weighted by Gasteiger charge is 2.37. The van der Waals surface area contributed by atoms with Gasteiger partial charge in [0.25, 0.3) is 0 Å². The molecule has 0 saturated carbocycles. The van der Waals surface area contributed by atoms with Crippen LogP contribution in [-0.4, -0.2) is 54.0 Å². The minimum atomic E-state index is -0.184. The second-order valence-corrected chi connectivity index (χ2v) is 8.53. The van der Waals surface area contributed by atoms with Crippen LogP contribution in [0.15, 0.2) is 24.3 Å². The zero-order valence-electron chi connectivity index (χ0n) is 16.0. The van der Waals surface area contributed by atoms with Gasteiger partial charge < -0.3 is 16.0 Å². The van der Waals surface area contributed by atoms with E-state index in [1.165, 1.54) is 5.56 Å². The molecule has 2 saturated heterocycles. The molecule has 3 N–H and O–H groups in total. The summed E-state index contributed by atoms with van der Waals surface area (Å²) in [5.74, 6) is -0.168. The van der Waals surface area contributed by atoms with E-state index in [0.717, 1.165) is 44.7 Å². The van der Waals surface area contributed by atoms with Crippen LogP contribution >= 0.6 is 0 Å². The zero-order valence-corrected chi connectivity index (χ0v) is 16.0. The monoisotopic (exact) mass is 358 g/mol. The number of anilines is 1. The van der Waals surface area contributed by atoms with Crippen LogP contribution in [0.1, 0.15) is 39.2 Å². The molecule has 3 rings (SSSR count). The lowest BCUT2D eigenvalue weighted by Gasteiger charge is -2.47. The molecule has 3 amide bonds. The van der Waals surface area contributed by atoms with Gasteiger partial charge in [0.1, 0.15) is 0 Å². The van der Waals surface area contributed by atoms with Gasteiger partial charge in [0.15, 0.2) is 0 Å². The van der Waals surface area contributed by atoms with Crippen LogP contribution in [0.3, 0.4) is 0 Å². The van der Waals surface area contributed by atoms with Gasteiger partial charge in [-0.15, -0.1) is 0 Å². The molecule has 26 heavy (non-hydrogen) atoms. The Morgan fingerprint density at radius 3 is 2.15 bits per heavy atom. The minimum Gasteiger partial charge on any atom is -0.369 e. The second kappa shape index (κ2) is 7.27.